The minimum atomic E-state index is -0.142. The van der Waals surface area contributed by atoms with Crippen molar-refractivity contribution < 1.29 is 13.9 Å². The SMILES string of the molecule is COCCNCc1c(F)cccc1N1CC2CCC(C1)O2. The van der Waals surface area contributed by atoms with Crippen LogP contribution in [0.15, 0.2) is 18.2 Å². The first kappa shape index (κ1) is 14.8. The van der Waals surface area contributed by atoms with Crippen LogP contribution in [0.1, 0.15) is 18.4 Å². The summed E-state index contributed by atoms with van der Waals surface area (Å²) in [4.78, 5) is 2.28. The van der Waals surface area contributed by atoms with E-state index in [-0.39, 0.29) is 5.82 Å². The number of fused-ring (bicyclic) bond motifs is 2. The molecule has 0 saturated carbocycles. The monoisotopic (exact) mass is 294 g/mol. The van der Waals surface area contributed by atoms with Crippen molar-refractivity contribution in [2.24, 2.45) is 0 Å². The molecule has 1 aromatic carbocycles. The fourth-order valence-corrected chi connectivity index (χ4v) is 3.22. The number of rotatable bonds is 6. The third kappa shape index (κ3) is 3.36. The summed E-state index contributed by atoms with van der Waals surface area (Å²) < 4.78 is 25.1. The summed E-state index contributed by atoms with van der Waals surface area (Å²) in [5.74, 6) is -0.142. The van der Waals surface area contributed by atoms with Crippen molar-refractivity contribution >= 4 is 5.69 Å². The maximum Gasteiger partial charge on any atom is 0.129 e. The summed E-state index contributed by atoms with van der Waals surface area (Å²) in [6.07, 6.45) is 2.86. The number of halogens is 1. The van der Waals surface area contributed by atoms with Gasteiger partial charge < -0.3 is 19.7 Å². The first-order valence-corrected chi connectivity index (χ1v) is 7.65. The number of nitrogens with zero attached hydrogens (tertiary/aromatic N) is 1. The minimum Gasteiger partial charge on any atom is -0.383 e. The van der Waals surface area contributed by atoms with Gasteiger partial charge in [-0.05, 0) is 25.0 Å². The maximum absolute atomic E-state index is 14.2. The molecular weight excluding hydrogens is 271 g/mol. The number of ether oxygens (including phenoxy) is 2. The Balaban J connectivity index is 1.73. The van der Waals surface area contributed by atoms with Crippen LogP contribution in [0.25, 0.3) is 0 Å². The van der Waals surface area contributed by atoms with Gasteiger partial charge in [0.15, 0.2) is 0 Å². The lowest BCUT2D eigenvalue weighted by atomic mass is 10.1. The van der Waals surface area contributed by atoms with Crippen LogP contribution < -0.4 is 10.2 Å². The average molecular weight is 294 g/mol. The average Bonchev–Trinajstić information content (AvgIpc) is 2.83. The Kier molecular flexibility index (Phi) is 4.73. The molecule has 5 heteroatoms. The Labute approximate surface area is 125 Å². The van der Waals surface area contributed by atoms with E-state index in [0.717, 1.165) is 43.7 Å². The second kappa shape index (κ2) is 6.73. The summed E-state index contributed by atoms with van der Waals surface area (Å²) in [7, 11) is 1.67. The Hall–Kier alpha value is -1.17. The number of hydrogen-bond donors (Lipinski definition) is 1. The Morgan fingerprint density at radius 1 is 1.33 bits per heavy atom. The molecule has 2 bridgehead atoms. The van der Waals surface area contributed by atoms with Crippen LogP contribution in [0, 0.1) is 5.82 Å². The fraction of sp³-hybridized carbons (Fsp3) is 0.625. The predicted molar refractivity (Wildman–Crippen MR) is 80.1 cm³/mol. The molecule has 1 N–H and O–H groups in total. The first-order valence-electron chi connectivity index (χ1n) is 7.65. The topological polar surface area (TPSA) is 33.7 Å². The highest BCUT2D eigenvalue weighted by atomic mass is 19.1. The van der Waals surface area contributed by atoms with E-state index in [0.29, 0.717) is 25.4 Å². The van der Waals surface area contributed by atoms with Crippen molar-refractivity contribution in [1.29, 1.82) is 0 Å². The van der Waals surface area contributed by atoms with E-state index >= 15 is 0 Å². The summed E-state index contributed by atoms with van der Waals surface area (Å²) >= 11 is 0. The van der Waals surface area contributed by atoms with E-state index in [1.54, 1.807) is 13.2 Å². The Bertz CT molecular complexity index is 471. The van der Waals surface area contributed by atoms with Gasteiger partial charge in [0.25, 0.3) is 0 Å². The van der Waals surface area contributed by atoms with Crippen LogP contribution in [-0.4, -0.2) is 45.6 Å². The molecule has 2 aliphatic rings. The number of nitrogens with one attached hydrogen (secondary N) is 1. The van der Waals surface area contributed by atoms with E-state index in [1.165, 1.54) is 6.07 Å². The number of methoxy groups -OCH3 is 1. The predicted octanol–water partition coefficient (Wildman–Crippen LogP) is 1.93. The molecule has 0 aromatic heterocycles. The van der Waals surface area contributed by atoms with Gasteiger partial charge in [-0.2, -0.15) is 0 Å². The van der Waals surface area contributed by atoms with Gasteiger partial charge in [0.05, 0.1) is 18.8 Å². The molecule has 2 heterocycles. The van der Waals surface area contributed by atoms with Crippen LogP contribution >= 0.6 is 0 Å². The van der Waals surface area contributed by atoms with Crippen molar-refractivity contribution in [3.05, 3.63) is 29.6 Å². The van der Waals surface area contributed by atoms with Crippen molar-refractivity contribution in [3.8, 4) is 0 Å². The van der Waals surface area contributed by atoms with Gasteiger partial charge in [0, 0.05) is 44.5 Å². The highest BCUT2D eigenvalue weighted by Crippen LogP contribution is 2.32. The minimum absolute atomic E-state index is 0.142. The molecular formula is C16H23FN2O2. The molecule has 2 saturated heterocycles. The van der Waals surface area contributed by atoms with Gasteiger partial charge in [-0.3, -0.25) is 0 Å². The van der Waals surface area contributed by atoms with E-state index in [4.69, 9.17) is 9.47 Å². The Morgan fingerprint density at radius 2 is 2.10 bits per heavy atom. The normalized spacial score (nSPS) is 24.6. The van der Waals surface area contributed by atoms with Crippen LogP contribution in [0.4, 0.5) is 10.1 Å². The summed E-state index contributed by atoms with van der Waals surface area (Å²) in [5, 5.41) is 3.24. The highest BCUT2D eigenvalue weighted by molar-refractivity contribution is 5.55. The van der Waals surface area contributed by atoms with E-state index in [1.807, 2.05) is 6.07 Å². The highest BCUT2D eigenvalue weighted by Gasteiger charge is 2.34. The lowest BCUT2D eigenvalue weighted by Gasteiger charge is -2.35. The molecule has 0 aliphatic carbocycles. The van der Waals surface area contributed by atoms with Crippen LogP contribution in [0.2, 0.25) is 0 Å². The number of benzene rings is 1. The molecule has 4 nitrogen and oxygen atoms in total. The standard InChI is InChI=1S/C16H23FN2O2/c1-20-8-7-18-9-14-15(17)3-2-4-16(14)19-10-12-5-6-13(11-19)21-12/h2-4,12-13,18H,5-11H2,1H3. The van der Waals surface area contributed by atoms with Gasteiger partial charge in [0.2, 0.25) is 0 Å². The molecule has 21 heavy (non-hydrogen) atoms. The number of hydrogen-bond acceptors (Lipinski definition) is 4. The Morgan fingerprint density at radius 3 is 2.81 bits per heavy atom. The smallest absolute Gasteiger partial charge is 0.129 e. The first-order chi connectivity index (χ1) is 10.3. The largest absolute Gasteiger partial charge is 0.383 e. The zero-order valence-electron chi connectivity index (χ0n) is 12.5. The van der Waals surface area contributed by atoms with Gasteiger partial charge >= 0.3 is 0 Å². The third-order valence-electron chi connectivity index (χ3n) is 4.26. The second-order valence-corrected chi connectivity index (χ2v) is 5.77. The molecule has 0 amide bonds. The summed E-state index contributed by atoms with van der Waals surface area (Å²) in [6, 6.07) is 5.34. The number of anilines is 1. The maximum atomic E-state index is 14.2. The summed E-state index contributed by atoms with van der Waals surface area (Å²) in [6.45, 7) is 3.61. The lowest BCUT2D eigenvalue weighted by molar-refractivity contribution is 0.0304. The van der Waals surface area contributed by atoms with Gasteiger partial charge in [0.1, 0.15) is 5.82 Å². The molecule has 2 atom stereocenters. The quantitative estimate of drug-likeness (QED) is 0.813. The molecule has 0 spiro atoms. The van der Waals surface area contributed by atoms with E-state index in [9.17, 15) is 4.39 Å². The molecule has 2 aliphatic heterocycles. The zero-order valence-corrected chi connectivity index (χ0v) is 12.5. The van der Waals surface area contributed by atoms with Crippen LogP contribution in [-0.2, 0) is 16.0 Å². The van der Waals surface area contributed by atoms with Crippen molar-refractivity contribution in [2.45, 2.75) is 31.6 Å². The van der Waals surface area contributed by atoms with Crippen molar-refractivity contribution in [3.63, 3.8) is 0 Å². The van der Waals surface area contributed by atoms with Crippen molar-refractivity contribution in [2.75, 3.05) is 38.3 Å². The van der Waals surface area contributed by atoms with Gasteiger partial charge in [-0.15, -0.1) is 0 Å². The molecule has 1 aromatic rings. The van der Waals surface area contributed by atoms with E-state index < -0.39 is 0 Å². The molecule has 0 radical (unpaired) electrons. The number of morpholine rings is 1. The second-order valence-electron chi connectivity index (χ2n) is 5.77. The fourth-order valence-electron chi connectivity index (χ4n) is 3.22. The summed E-state index contributed by atoms with van der Waals surface area (Å²) in [5.41, 5.74) is 1.75. The van der Waals surface area contributed by atoms with Crippen LogP contribution in [0.5, 0.6) is 0 Å². The van der Waals surface area contributed by atoms with Crippen LogP contribution in [0.3, 0.4) is 0 Å². The molecule has 116 valence electrons. The molecule has 3 rings (SSSR count). The van der Waals surface area contributed by atoms with Gasteiger partial charge in [-0.25, -0.2) is 4.39 Å². The van der Waals surface area contributed by atoms with Gasteiger partial charge in [-0.1, -0.05) is 6.07 Å². The molecule has 2 fully saturated rings. The van der Waals surface area contributed by atoms with E-state index in [2.05, 4.69) is 10.2 Å². The zero-order chi connectivity index (χ0) is 14.7. The third-order valence-corrected chi connectivity index (χ3v) is 4.26. The molecule has 2 unspecified atom stereocenters. The van der Waals surface area contributed by atoms with Crippen molar-refractivity contribution in [1.82, 2.24) is 5.32 Å². The lowest BCUT2D eigenvalue weighted by Crippen LogP contribution is -2.43.